The quantitative estimate of drug-likeness (QED) is 0.683. The number of Topliss-reactive ketones (excluding diaryl/α,β-unsaturated/α-hetero) is 1. The Labute approximate surface area is 137 Å². The minimum absolute atomic E-state index is 0.00791. The molecule has 0 amide bonds. The van der Waals surface area contributed by atoms with E-state index in [0.717, 1.165) is 24.2 Å². The van der Waals surface area contributed by atoms with Crippen molar-refractivity contribution in [2.24, 2.45) is 11.8 Å². The zero-order valence-corrected chi connectivity index (χ0v) is 13.8. The Morgan fingerprint density at radius 1 is 1.43 bits per heavy atom. The van der Waals surface area contributed by atoms with Crippen LogP contribution in [0, 0.1) is 11.8 Å². The topological polar surface area (TPSA) is 46.5 Å². The lowest BCUT2D eigenvalue weighted by Gasteiger charge is -2.49. The predicted molar refractivity (Wildman–Crippen MR) is 88.2 cm³/mol. The number of hydrogen-bond acceptors (Lipinski definition) is 3. The highest BCUT2D eigenvalue weighted by Crippen LogP contribution is 2.49. The maximum atomic E-state index is 11.8. The average molecular weight is 316 g/mol. The first-order chi connectivity index (χ1) is 11.1. The van der Waals surface area contributed by atoms with Gasteiger partial charge in [-0.2, -0.15) is 4.65 Å². The van der Waals surface area contributed by atoms with Crippen LogP contribution in [0.4, 0.5) is 0 Å². The molecule has 1 heterocycles. The fraction of sp³-hybridized carbons (Fsp3) is 0.526. The van der Waals surface area contributed by atoms with Crippen LogP contribution in [0.3, 0.4) is 0 Å². The number of methoxy groups -OCH3 is 1. The number of nitrogens with zero attached hydrogens (tertiary/aromatic N) is 1. The lowest BCUT2D eigenvalue weighted by atomic mass is 9.68. The number of rotatable bonds is 4. The normalized spacial score (nSPS) is 33.8. The molecule has 4 unspecified atom stereocenters. The number of hydroxylamine groups is 3. The fourth-order valence-electron chi connectivity index (χ4n) is 4.50. The van der Waals surface area contributed by atoms with Crippen molar-refractivity contribution in [3.05, 3.63) is 42.5 Å². The minimum atomic E-state index is -0.0186. The first kappa shape index (κ1) is 16.2. The summed E-state index contributed by atoms with van der Waals surface area (Å²) in [7, 11) is 1.66. The van der Waals surface area contributed by atoms with Gasteiger partial charge < -0.3 is 4.74 Å². The number of piperidine rings is 1. The van der Waals surface area contributed by atoms with Crippen molar-refractivity contribution in [2.45, 2.75) is 31.7 Å². The van der Waals surface area contributed by atoms with Crippen LogP contribution in [0.5, 0.6) is 5.75 Å². The Hall–Kier alpha value is -1.65. The van der Waals surface area contributed by atoms with E-state index in [1.54, 1.807) is 13.2 Å². The number of benzene rings is 1. The van der Waals surface area contributed by atoms with Crippen molar-refractivity contribution in [3.8, 4) is 5.75 Å². The van der Waals surface area contributed by atoms with Gasteiger partial charge in [0.15, 0.2) is 0 Å². The molecule has 1 saturated heterocycles. The summed E-state index contributed by atoms with van der Waals surface area (Å²) < 4.78 is 5.36. The molecule has 2 fully saturated rings. The Morgan fingerprint density at radius 2 is 2.26 bits per heavy atom. The molecule has 0 radical (unpaired) electrons. The number of ether oxygens (including phenoxy) is 1. The van der Waals surface area contributed by atoms with E-state index < -0.39 is 0 Å². The number of carbonyl (C=O) groups excluding carboxylic acids is 1. The van der Waals surface area contributed by atoms with Crippen molar-refractivity contribution in [1.29, 1.82) is 0 Å². The van der Waals surface area contributed by atoms with Crippen molar-refractivity contribution < 1.29 is 19.4 Å². The zero-order valence-electron chi connectivity index (χ0n) is 13.8. The molecule has 0 spiro atoms. The number of ketones is 1. The lowest BCUT2D eigenvalue weighted by Crippen LogP contribution is -2.57. The molecule has 4 atom stereocenters. The van der Waals surface area contributed by atoms with Crippen LogP contribution in [-0.4, -0.2) is 35.8 Å². The van der Waals surface area contributed by atoms with E-state index in [1.165, 1.54) is 0 Å². The largest absolute Gasteiger partial charge is 0.497 e. The van der Waals surface area contributed by atoms with Crippen LogP contribution >= 0.6 is 0 Å². The third kappa shape index (κ3) is 3.06. The van der Waals surface area contributed by atoms with Gasteiger partial charge in [0, 0.05) is 30.7 Å². The van der Waals surface area contributed by atoms with E-state index in [4.69, 9.17) is 4.74 Å². The lowest BCUT2D eigenvalue weighted by molar-refractivity contribution is -1.13. The Kier molecular flexibility index (Phi) is 4.55. The predicted octanol–water partition coefficient (Wildman–Crippen LogP) is 3.52. The zero-order chi connectivity index (χ0) is 16.4. The molecule has 1 N–H and O–H groups in total. The van der Waals surface area contributed by atoms with Crippen LogP contribution in [0.1, 0.15) is 37.3 Å². The van der Waals surface area contributed by atoms with E-state index in [9.17, 15) is 10.0 Å². The van der Waals surface area contributed by atoms with Gasteiger partial charge in [0.05, 0.1) is 7.11 Å². The summed E-state index contributed by atoms with van der Waals surface area (Å²) in [4.78, 5) is 11.8. The van der Waals surface area contributed by atoms with Crippen LogP contribution in [-0.2, 0) is 4.79 Å². The van der Waals surface area contributed by atoms with Gasteiger partial charge in [0.1, 0.15) is 30.7 Å². The number of fused-ring (bicyclic) bond motifs is 1. The summed E-state index contributed by atoms with van der Waals surface area (Å²) in [5.41, 5.74) is 1.10. The Bertz CT molecular complexity index is 600. The summed E-state index contributed by atoms with van der Waals surface area (Å²) in [6.45, 7) is 5.02. The SMILES string of the molecule is C=CC[N+]1(O)CCC2CC(=O)CCC2C1c1cccc(OC)c1. The van der Waals surface area contributed by atoms with Crippen LogP contribution in [0.15, 0.2) is 36.9 Å². The van der Waals surface area contributed by atoms with E-state index in [0.29, 0.717) is 43.6 Å². The molecule has 2 aliphatic rings. The van der Waals surface area contributed by atoms with Gasteiger partial charge in [0.25, 0.3) is 0 Å². The maximum absolute atomic E-state index is 11.8. The fourth-order valence-corrected chi connectivity index (χ4v) is 4.50. The number of carbonyl (C=O) groups is 1. The highest BCUT2D eigenvalue weighted by atomic mass is 16.5. The van der Waals surface area contributed by atoms with E-state index in [-0.39, 0.29) is 10.7 Å². The van der Waals surface area contributed by atoms with Gasteiger partial charge in [-0.15, -0.1) is 0 Å². The molecular weight excluding hydrogens is 290 g/mol. The Balaban J connectivity index is 2.00. The molecule has 4 heteroatoms. The van der Waals surface area contributed by atoms with E-state index in [1.807, 2.05) is 18.2 Å². The van der Waals surface area contributed by atoms with Gasteiger partial charge in [0.2, 0.25) is 0 Å². The Morgan fingerprint density at radius 3 is 3.00 bits per heavy atom. The second-order valence-electron chi connectivity index (χ2n) is 6.90. The molecule has 23 heavy (non-hydrogen) atoms. The molecular formula is C19H26NO3+. The molecule has 1 aliphatic carbocycles. The molecule has 124 valence electrons. The van der Waals surface area contributed by atoms with E-state index >= 15 is 0 Å². The second-order valence-corrected chi connectivity index (χ2v) is 6.90. The standard InChI is InChI=1S/C19H26NO3/c1-3-10-20(22)11-9-14-12-16(21)7-8-18(14)19(20)15-5-4-6-17(13-15)23-2/h3-6,13-14,18-19,22H,1,7-12H2,2H3/q+1. The van der Waals surface area contributed by atoms with Crippen LogP contribution in [0.25, 0.3) is 0 Å². The van der Waals surface area contributed by atoms with E-state index in [2.05, 4.69) is 12.6 Å². The van der Waals surface area contributed by atoms with Gasteiger partial charge in [-0.25, -0.2) is 5.21 Å². The molecule has 0 bridgehead atoms. The van der Waals surface area contributed by atoms with Crippen molar-refractivity contribution in [3.63, 3.8) is 0 Å². The maximum Gasteiger partial charge on any atom is 0.148 e. The third-order valence-corrected chi connectivity index (χ3v) is 5.54. The molecule has 4 nitrogen and oxygen atoms in total. The number of hydrogen-bond donors (Lipinski definition) is 1. The minimum Gasteiger partial charge on any atom is -0.497 e. The second kappa shape index (κ2) is 6.46. The van der Waals surface area contributed by atoms with Crippen LogP contribution in [0.2, 0.25) is 0 Å². The summed E-state index contributed by atoms with van der Waals surface area (Å²) in [6, 6.07) is 7.97. The van der Waals surface area contributed by atoms with Crippen LogP contribution < -0.4 is 4.74 Å². The van der Waals surface area contributed by atoms with Gasteiger partial charge in [-0.1, -0.05) is 18.7 Å². The molecule has 1 aromatic rings. The monoisotopic (exact) mass is 316 g/mol. The third-order valence-electron chi connectivity index (χ3n) is 5.54. The number of likely N-dealkylation sites (tertiary alicyclic amines) is 1. The summed E-state index contributed by atoms with van der Waals surface area (Å²) in [5, 5.41) is 11.3. The van der Waals surface area contributed by atoms with Gasteiger partial charge in [-0.05, 0) is 30.5 Å². The highest BCUT2D eigenvalue weighted by Gasteiger charge is 2.51. The molecule has 1 saturated carbocycles. The number of quaternary nitrogens is 1. The smallest absolute Gasteiger partial charge is 0.148 e. The van der Waals surface area contributed by atoms with Crippen molar-refractivity contribution in [1.82, 2.24) is 0 Å². The molecule has 0 aromatic heterocycles. The molecule has 1 aliphatic heterocycles. The van der Waals surface area contributed by atoms with Crippen molar-refractivity contribution in [2.75, 3.05) is 20.2 Å². The van der Waals surface area contributed by atoms with Gasteiger partial charge >= 0.3 is 0 Å². The first-order valence-corrected chi connectivity index (χ1v) is 8.43. The summed E-state index contributed by atoms with van der Waals surface area (Å²) in [5.74, 6) is 1.90. The summed E-state index contributed by atoms with van der Waals surface area (Å²) in [6.07, 6.45) is 4.86. The molecule has 3 rings (SSSR count). The average Bonchev–Trinajstić information content (AvgIpc) is 2.55. The van der Waals surface area contributed by atoms with Gasteiger partial charge in [-0.3, -0.25) is 4.79 Å². The van der Waals surface area contributed by atoms with Crippen molar-refractivity contribution >= 4 is 5.78 Å². The highest BCUT2D eigenvalue weighted by molar-refractivity contribution is 5.79. The molecule has 1 aromatic carbocycles. The summed E-state index contributed by atoms with van der Waals surface area (Å²) >= 11 is 0. The first-order valence-electron chi connectivity index (χ1n) is 8.43.